The van der Waals surface area contributed by atoms with E-state index in [-0.39, 0.29) is 18.8 Å². The van der Waals surface area contributed by atoms with Crippen LogP contribution in [-0.4, -0.2) is 59.4 Å². The molecule has 3 aliphatic rings. The second-order valence-corrected chi connectivity index (χ2v) is 9.26. The average Bonchev–Trinajstić information content (AvgIpc) is 3.46. The summed E-state index contributed by atoms with van der Waals surface area (Å²) in [7, 11) is 0. The molecule has 1 amide bonds. The smallest absolute Gasteiger partial charge is 0.270 e. The van der Waals surface area contributed by atoms with Crippen molar-refractivity contribution < 1.29 is 19.0 Å². The lowest BCUT2D eigenvalue weighted by Gasteiger charge is -2.35. The van der Waals surface area contributed by atoms with Gasteiger partial charge >= 0.3 is 0 Å². The van der Waals surface area contributed by atoms with E-state index < -0.39 is 0 Å². The van der Waals surface area contributed by atoms with Crippen molar-refractivity contribution in [2.75, 3.05) is 33.0 Å². The van der Waals surface area contributed by atoms with Gasteiger partial charge in [-0.05, 0) is 42.3 Å². The number of nitrogens with zero attached hydrogens (tertiary/aromatic N) is 3. The van der Waals surface area contributed by atoms with Crippen molar-refractivity contribution in [3.8, 4) is 17.2 Å². The van der Waals surface area contributed by atoms with Crippen molar-refractivity contribution in [3.63, 3.8) is 0 Å². The van der Waals surface area contributed by atoms with Crippen LogP contribution < -0.4 is 14.2 Å². The number of ether oxygens (including phenoxy) is 3. The summed E-state index contributed by atoms with van der Waals surface area (Å²) < 4.78 is 19.1. The molecule has 0 aliphatic carbocycles. The van der Waals surface area contributed by atoms with Crippen LogP contribution in [0, 0.1) is 0 Å². The predicted octanol–water partition coefficient (Wildman–Crippen LogP) is 4.15. The molecule has 7 nitrogen and oxygen atoms in total. The van der Waals surface area contributed by atoms with Crippen LogP contribution in [0.15, 0.2) is 36.4 Å². The molecule has 0 saturated carbocycles. The average molecular weight is 468 g/mol. The van der Waals surface area contributed by atoms with Gasteiger partial charge in [0.05, 0.1) is 17.1 Å². The summed E-state index contributed by atoms with van der Waals surface area (Å²) in [6, 6.07) is 11.8. The summed E-state index contributed by atoms with van der Waals surface area (Å²) in [4.78, 5) is 17.9. The van der Waals surface area contributed by atoms with E-state index in [1.54, 1.807) is 0 Å². The first-order valence-corrected chi connectivity index (χ1v) is 11.9. The quantitative estimate of drug-likeness (QED) is 0.577. The van der Waals surface area contributed by atoms with Crippen LogP contribution in [0.3, 0.4) is 0 Å². The van der Waals surface area contributed by atoms with Crippen LogP contribution in [0.5, 0.6) is 17.2 Å². The third kappa shape index (κ3) is 3.60. The summed E-state index contributed by atoms with van der Waals surface area (Å²) in [5.41, 5.74) is 2.82. The minimum Gasteiger partial charge on any atom is -0.486 e. The maximum atomic E-state index is 13.6. The molecule has 6 rings (SSSR count). The van der Waals surface area contributed by atoms with Gasteiger partial charge < -0.3 is 23.7 Å². The number of carbonyl (C=O) groups excluding carboxylic acids is 1. The second-order valence-electron chi connectivity index (χ2n) is 8.85. The fraction of sp³-hybridized carbons (Fsp3) is 0.400. The highest BCUT2D eigenvalue weighted by atomic mass is 35.5. The maximum Gasteiger partial charge on any atom is 0.270 e. The lowest BCUT2D eigenvalue weighted by molar-refractivity contribution is 0.0613. The molecule has 1 saturated heterocycles. The Morgan fingerprint density at radius 2 is 1.82 bits per heavy atom. The van der Waals surface area contributed by atoms with E-state index >= 15 is 0 Å². The number of aromatic nitrogens is 1. The van der Waals surface area contributed by atoms with Gasteiger partial charge in [0.15, 0.2) is 11.5 Å². The van der Waals surface area contributed by atoms with Gasteiger partial charge in [-0.2, -0.15) is 0 Å². The van der Waals surface area contributed by atoms with Gasteiger partial charge in [-0.25, -0.2) is 0 Å². The van der Waals surface area contributed by atoms with E-state index in [1.807, 2.05) is 35.2 Å². The first-order valence-electron chi connectivity index (χ1n) is 11.5. The first-order chi connectivity index (χ1) is 16.1. The number of carbonyl (C=O) groups is 1. The van der Waals surface area contributed by atoms with Gasteiger partial charge in [-0.3, -0.25) is 9.69 Å². The number of hydrogen-bond acceptors (Lipinski definition) is 5. The minimum atomic E-state index is 0.0550. The summed E-state index contributed by atoms with van der Waals surface area (Å²) in [6.45, 7) is 6.92. The number of hydrogen-bond donors (Lipinski definition) is 0. The molecular formula is C25H26ClN3O4. The summed E-state index contributed by atoms with van der Waals surface area (Å²) in [5, 5.41) is 1.53. The zero-order chi connectivity index (χ0) is 22.5. The highest BCUT2D eigenvalue weighted by molar-refractivity contribution is 6.36. The minimum absolute atomic E-state index is 0.0550. The van der Waals surface area contributed by atoms with E-state index in [2.05, 4.69) is 22.5 Å². The molecule has 3 aliphatic heterocycles. The van der Waals surface area contributed by atoms with Crippen molar-refractivity contribution >= 4 is 28.4 Å². The molecule has 8 heteroatoms. The summed E-state index contributed by atoms with van der Waals surface area (Å²) in [6.07, 6.45) is 0.938. The summed E-state index contributed by atoms with van der Waals surface area (Å²) >= 11 is 6.47. The predicted molar refractivity (Wildman–Crippen MR) is 125 cm³/mol. The second kappa shape index (κ2) is 8.15. The largest absolute Gasteiger partial charge is 0.486 e. The Morgan fingerprint density at radius 1 is 1.03 bits per heavy atom. The molecule has 3 aromatic rings. The van der Waals surface area contributed by atoms with Gasteiger partial charge in [-0.15, -0.1) is 0 Å². The third-order valence-corrected chi connectivity index (χ3v) is 7.16. The fourth-order valence-electron chi connectivity index (χ4n) is 4.98. The molecule has 1 atom stereocenters. The van der Waals surface area contributed by atoms with Crippen LogP contribution in [-0.2, 0) is 13.1 Å². The molecule has 0 spiro atoms. The topological polar surface area (TPSA) is 56.2 Å². The van der Waals surface area contributed by atoms with Gasteiger partial charge in [0.25, 0.3) is 5.91 Å². The number of piperazine rings is 1. The molecule has 0 radical (unpaired) electrons. The van der Waals surface area contributed by atoms with Crippen molar-refractivity contribution in [1.29, 1.82) is 0 Å². The molecule has 33 heavy (non-hydrogen) atoms. The lowest BCUT2D eigenvalue weighted by Crippen LogP contribution is -2.48. The third-order valence-electron chi connectivity index (χ3n) is 6.83. The molecular weight excluding hydrogens is 442 g/mol. The lowest BCUT2D eigenvalue weighted by atomic mass is 10.1. The Hall–Kier alpha value is -2.90. The SMILES string of the molecule is CCC1Cn2c(C(=O)N3CCN(Cc4ccc5c(c4)OCO5)CC3)cc3c(Cl)ccc(c32)O1. The van der Waals surface area contributed by atoms with Crippen molar-refractivity contribution in [2.24, 2.45) is 0 Å². The highest BCUT2D eigenvalue weighted by Gasteiger charge is 2.30. The normalized spacial score (nSPS) is 19.7. The van der Waals surface area contributed by atoms with Crippen LogP contribution >= 0.6 is 11.6 Å². The van der Waals surface area contributed by atoms with Crippen LogP contribution in [0.4, 0.5) is 0 Å². The zero-order valence-electron chi connectivity index (χ0n) is 18.6. The number of halogens is 1. The molecule has 1 aromatic heterocycles. The molecule has 0 N–H and O–H groups in total. The molecule has 4 heterocycles. The number of rotatable bonds is 4. The van der Waals surface area contributed by atoms with Gasteiger partial charge in [-0.1, -0.05) is 24.6 Å². The number of fused-ring (bicyclic) bond motifs is 1. The van der Waals surface area contributed by atoms with Crippen LogP contribution in [0.2, 0.25) is 5.02 Å². The highest BCUT2D eigenvalue weighted by Crippen LogP contribution is 2.38. The van der Waals surface area contributed by atoms with Gasteiger partial charge in [0.2, 0.25) is 6.79 Å². The Kier molecular flexibility index (Phi) is 5.11. The first kappa shape index (κ1) is 20.7. The molecule has 172 valence electrons. The van der Waals surface area contributed by atoms with E-state index in [1.165, 1.54) is 5.56 Å². The van der Waals surface area contributed by atoms with Gasteiger partial charge in [0.1, 0.15) is 17.5 Å². The molecule has 0 bridgehead atoms. The van der Waals surface area contributed by atoms with Crippen molar-refractivity contribution in [1.82, 2.24) is 14.4 Å². The molecule has 1 unspecified atom stereocenters. The molecule has 2 aromatic carbocycles. The van der Waals surface area contributed by atoms with E-state index in [0.29, 0.717) is 30.4 Å². The van der Waals surface area contributed by atoms with E-state index in [9.17, 15) is 4.79 Å². The standard InChI is InChI=1S/C25H26ClN3O4/c1-2-17-14-29-20(12-18-19(26)4-6-22(33-17)24(18)29)25(30)28-9-7-27(8-10-28)13-16-3-5-21-23(11-16)32-15-31-21/h3-6,11-12,17H,2,7-10,13-15H2,1H3. The monoisotopic (exact) mass is 467 g/mol. The molecule has 1 fully saturated rings. The number of amides is 1. The zero-order valence-corrected chi connectivity index (χ0v) is 19.3. The Balaban J connectivity index is 1.18. The van der Waals surface area contributed by atoms with Crippen LogP contribution in [0.1, 0.15) is 29.4 Å². The van der Waals surface area contributed by atoms with E-state index in [0.717, 1.165) is 54.2 Å². The fourth-order valence-corrected chi connectivity index (χ4v) is 5.18. The maximum absolute atomic E-state index is 13.6. The summed E-state index contributed by atoms with van der Waals surface area (Å²) in [5.74, 6) is 2.48. The van der Waals surface area contributed by atoms with Gasteiger partial charge in [0, 0.05) is 38.1 Å². The Bertz CT molecular complexity index is 1230. The number of benzene rings is 2. The Morgan fingerprint density at radius 3 is 2.64 bits per heavy atom. The Labute approximate surface area is 197 Å². The van der Waals surface area contributed by atoms with E-state index in [4.69, 9.17) is 25.8 Å². The van der Waals surface area contributed by atoms with Crippen molar-refractivity contribution in [3.05, 3.63) is 52.7 Å². The van der Waals surface area contributed by atoms with Crippen molar-refractivity contribution in [2.45, 2.75) is 32.5 Å². The van der Waals surface area contributed by atoms with Crippen LogP contribution in [0.25, 0.3) is 10.9 Å².